The molecule has 2 heterocycles. The van der Waals surface area contributed by atoms with Crippen LogP contribution < -0.4 is 11.1 Å². The van der Waals surface area contributed by atoms with Crippen LogP contribution in [0.4, 0.5) is 0 Å². The van der Waals surface area contributed by atoms with E-state index in [9.17, 15) is 4.79 Å². The summed E-state index contributed by atoms with van der Waals surface area (Å²) in [5, 5.41) is 3.22. The molecule has 4 nitrogen and oxygen atoms in total. The lowest BCUT2D eigenvalue weighted by atomic mass is 9.83. The first-order valence-corrected chi connectivity index (χ1v) is 4.87. The largest absolute Gasteiger partial charge is 0.381 e. The number of rotatable bonds is 2. The molecule has 0 spiro atoms. The van der Waals surface area contributed by atoms with Gasteiger partial charge in [0.05, 0.1) is 5.92 Å². The molecule has 1 amide bonds. The summed E-state index contributed by atoms with van der Waals surface area (Å²) in [6.45, 7) is 3.31. The number of carbonyl (C=O) groups is 1. The van der Waals surface area contributed by atoms with Crippen LogP contribution in [0.1, 0.15) is 6.42 Å². The Labute approximate surface area is 77.8 Å². The number of ether oxygens (including phenoxy) is 1. The Morgan fingerprint density at radius 3 is 2.92 bits per heavy atom. The molecule has 3 unspecified atom stereocenters. The monoisotopic (exact) mass is 184 g/mol. The Morgan fingerprint density at radius 2 is 2.31 bits per heavy atom. The molecule has 0 aromatic carbocycles. The van der Waals surface area contributed by atoms with Crippen molar-refractivity contribution in [3.63, 3.8) is 0 Å². The summed E-state index contributed by atoms with van der Waals surface area (Å²) in [6, 6.07) is 0. The van der Waals surface area contributed by atoms with Gasteiger partial charge in [0, 0.05) is 19.8 Å². The zero-order chi connectivity index (χ0) is 9.26. The molecule has 2 saturated heterocycles. The summed E-state index contributed by atoms with van der Waals surface area (Å²) in [4.78, 5) is 11.1. The van der Waals surface area contributed by atoms with E-state index in [0.29, 0.717) is 11.8 Å². The van der Waals surface area contributed by atoms with Crippen LogP contribution in [-0.4, -0.2) is 32.2 Å². The van der Waals surface area contributed by atoms with Crippen LogP contribution in [0.15, 0.2) is 0 Å². The highest BCUT2D eigenvalue weighted by Crippen LogP contribution is 2.30. The van der Waals surface area contributed by atoms with Gasteiger partial charge in [0.15, 0.2) is 0 Å². The van der Waals surface area contributed by atoms with Crippen LogP contribution in [0.3, 0.4) is 0 Å². The summed E-state index contributed by atoms with van der Waals surface area (Å²) < 4.78 is 5.32. The maximum Gasteiger partial charge on any atom is 0.222 e. The SMILES string of the molecule is NC(=O)C1CNCC1C1CCOC1. The van der Waals surface area contributed by atoms with Crippen molar-refractivity contribution in [2.24, 2.45) is 23.5 Å². The molecule has 4 heteroatoms. The maximum atomic E-state index is 11.1. The van der Waals surface area contributed by atoms with Gasteiger partial charge in [0.25, 0.3) is 0 Å². The lowest BCUT2D eigenvalue weighted by molar-refractivity contribution is -0.122. The van der Waals surface area contributed by atoms with Crippen molar-refractivity contribution in [2.75, 3.05) is 26.3 Å². The van der Waals surface area contributed by atoms with Gasteiger partial charge in [-0.25, -0.2) is 0 Å². The summed E-state index contributed by atoms with van der Waals surface area (Å²) >= 11 is 0. The number of primary amides is 1. The number of nitrogens with two attached hydrogens (primary N) is 1. The molecule has 3 N–H and O–H groups in total. The lowest BCUT2D eigenvalue weighted by Gasteiger charge is -2.20. The molecule has 0 radical (unpaired) electrons. The smallest absolute Gasteiger partial charge is 0.222 e. The fraction of sp³-hybridized carbons (Fsp3) is 0.889. The highest BCUT2D eigenvalue weighted by Gasteiger charge is 2.38. The molecule has 3 atom stereocenters. The summed E-state index contributed by atoms with van der Waals surface area (Å²) in [5.41, 5.74) is 5.34. The number of carbonyl (C=O) groups excluding carboxylic acids is 1. The Balaban J connectivity index is 2.00. The van der Waals surface area contributed by atoms with Gasteiger partial charge in [-0.2, -0.15) is 0 Å². The zero-order valence-electron chi connectivity index (χ0n) is 7.66. The van der Waals surface area contributed by atoms with E-state index in [-0.39, 0.29) is 11.8 Å². The van der Waals surface area contributed by atoms with E-state index in [0.717, 1.165) is 32.7 Å². The first-order chi connectivity index (χ1) is 6.29. The van der Waals surface area contributed by atoms with Gasteiger partial charge in [-0.05, 0) is 24.8 Å². The molecule has 0 aromatic rings. The third-order valence-corrected chi connectivity index (χ3v) is 3.20. The molecule has 0 aromatic heterocycles. The molecule has 0 saturated carbocycles. The van der Waals surface area contributed by atoms with Gasteiger partial charge >= 0.3 is 0 Å². The van der Waals surface area contributed by atoms with E-state index in [1.54, 1.807) is 0 Å². The van der Waals surface area contributed by atoms with Crippen LogP contribution in [0.25, 0.3) is 0 Å². The number of amides is 1. The van der Waals surface area contributed by atoms with Crippen molar-refractivity contribution < 1.29 is 9.53 Å². The maximum absolute atomic E-state index is 11.1. The van der Waals surface area contributed by atoms with E-state index in [1.165, 1.54) is 0 Å². The van der Waals surface area contributed by atoms with Gasteiger partial charge in [-0.15, -0.1) is 0 Å². The van der Waals surface area contributed by atoms with Crippen LogP contribution in [0.2, 0.25) is 0 Å². The first-order valence-electron chi connectivity index (χ1n) is 4.87. The summed E-state index contributed by atoms with van der Waals surface area (Å²) in [5.74, 6) is 0.793. The second-order valence-corrected chi connectivity index (χ2v) is 3.95. The third kappa shape index (κ3) is 1.69. The molecular formula is C9H16N2O2. The molecular weight excluding hydrogens is 168 g/mol. The van der Waals surface area contributed by atoms with Gasteiger partial charge in [-0.1, -0.05) is 0 Å². The number of hydrogen-bond acceptors (Lipinski definition) is 3. The predicted octanol–water partition coefficient (Wildman–Crippen LogP) is -0.656. The van der Waals surface area contributed by atoms with E-state index in [4.69, 9.17) is 10.5 Å². The van der Waals surface area contributed by atoms with E-state index < -0.39 is 0 Å². The van der Waals surface area contributed by atoms with Gasteiger partial charge in [0.1, 0.15) is 0 Å². The van der Waals surface area contributed by atoms with Crippen molar-refractivity contribution in [2.45, 2.75) is 6.42 Å². The standard InChI is InChI=1S/C9H16N2O2/c10-9(12)8-4-11-3-7(8)6-1-2-13-5-6/h6-8,11H,1-5H2,(H2,10,12). The summed E-state index contributed by atoms with van der Waals surface area (Å²) in [6.07, 6.45) is 1.08. The highest BCUT2D eigenvalue weighted by atomic mass is 16.5. The highest BCUT2D eigenvalue weighted by molar-refractivity contribution is 5.77. The molecule has 2 aliphatic heterocycles. The van der Waals surface area contributed by atoms with Gasteiger partial charge in [-0.3, -0.25) is 4.79 Å². The Kier molecular flexibility index (Phi) is 2.51. The number of nitrogens with one attached hydrogen (secondary N) is 1. The molecule has 0 aliphatic carbocycles. The average molecular weight is 184 g/mol. The fourth-order valence-electron chi connectivity index (χ4n) is 2.40. The van der Waals surface area contributed by atoms with Crippen molar-refractivity contribution in [1.29, 1.82) is 0 Å². The van der Waals surface area contributed by atoms with Crippen molar-refractivity contribution in [3.8, 4) is 0 Å². The van der Waals surface area contributed by atoms with E-state index >= 15 is 0 Å². The predicted molar refractivity (Wildman–Crippen MR) is 48.0 cm³/mol. The average Bonchev–Trinajstić information content (AvgIpc) is 2.74. The molecule has 2 aliphatic rings. The Morgan fingerprint density at radius 1 is 1.46 bits per heavy atom. The lowest BCUT2D eigenvalue weighted by Crippen LogP contribution is -2.33. The quantitative estimate of drug-likeness (QED) is 0.599. The van der Waals surface area contributed by atoms with Crippen molar-refractivity contribution in [3.05, 3.63) is 0 Å². The van der Waals surface area contributed by atoms with Crippen LogP contribution >= 0.6 is 0 Å². The molecule has 74 valence electrons. The molecule has 2 fully saturated rings. The minimum absolute atomic E-state index is 0.0201. The molecule has 13 heavy (non-hydrogen) atoms. The van der Waals surface area contributed by atoms with Crippen molar-refractivity contribution >= 4 is 5.91 Å². The molecule has 0 bridgehead atoms. The van der Waals surface area contributed by atoms with Crippen LogP contribution in [0.5, 0.6) is 0 Å². The first kappa shape index (κ1) is 8.97. The Bertz CT molecular complexity index is 202. The minimum Gasteiger partial charge on any atom is -0.381 e. The fourth-order valence-corrected chi connectivity index (χ4v) is 2.40. The molecule has 2 rings (SSSR count). The topological polar surface area (TPSA) is 64.4 Å². The third-order valence-electron chi connectivity index (χ3n) is 3.20. The normalized spacial score (nSPS) is 39.5. The second-order valence-electron chi connectivity index (χ2n) is 3.95. The van der Waals surface area contributed by atoms with Crippen LogP contribution in [-0.2, 0) is 9.53 Å². The van der Waals surface area contributed by atoms with E-state index in [2.05, 4.69) is 5.32 Å². The van der Waals surface area contributed by atoms with E-state index in [1.807, 2.05) is 0 Å². The van der Waals surface area contributed by atoms with Crippen molar-refractivity contribution in [1.82, 2.24) is 5.32 Å². The van der Waals surface area contributed by atoms with Gasteiger partial charge in [0.2, 0.25) is 5.91 Å². The zero-order valence-corrected chi connectivity index (χ0v) is 7.66. The number of hydrogen-bond donors (Lipinski definition) is 2. The Hall–Kier alpha value is -0.610. The second kappa shape index (κ2) is 3.64. The van der Waals surface area contributed by atoms with Gasteiger partial charge < -0.3 is 15.8 Å². The minimum atomic E-state index is -0.165. The summed E-state index contributed by atoms with van der Waals surface area (Å²) in [7, 11) is 0. The van der Waals surface area contributed by atoms with Crippen LogP contribution in [0, 0.1) is 17.8 Å².